The Morgan fingerprint density at radius 3 is 2.23 bits per heavy atom. The lowest BCUT2D eigenvalue weighted by Crippen LogP contribution is -2.34. The van der Waals surface area contributed by atoms with Crippen molar-refractivity contribution in [3.05, 3.63) is 0 Å². The number of hydrogen-bond donors (Lipinski definition) is 1. The maximum absolute atomic E-state index is 11.1. The van der Waals surface area contributed by atoms with Crippen LogP contribution in [0, 0.1) is 11.3 Å². The van der Waals surface area contributed by atoms with Crippen LogP contribution in [0.3, 0.4) is 0 Å². The highest BCUT2D eigenvalue weighted by molar-refractivity contribution is 5.74. The second-order valence-corrected chi connectivity index (χ2v) is 4.16. The first kappa shape index (κ1) is 12.5. The maximum Gasteiger partial charge on any atom is 0.309 e. The first-order valence-electron chi connectivity index (χ1n) is 5.22. The second-order valence-electron chi connectivity index (χ2n) is 4.16. The summed E-state index contributed by atoms with van der Waals surface area (Å²) in [4.78, 5) is 11.1. The zero-order valence-corrected chi connectivity index (χ0v) is 9.26. The van der Waals surface area contributed by atoms with Crippen LogP contribution in [0.2, 0.25) is 0 Å². The molecular formula is C11H22O2. The number of carboxylic acid groups (broad SMARTS) is 1. The van der Waals surface area contributed by atoms with Crippen LogP contribution in [0.5, 0.6) is 0 Å². The van der Waals surface area contributed by atoms with Gasteiger partial charge in [0.05, 0.1) is 5.41 Å². The van der Waals surface area contributed by atoms with E-state index in [1.807, 2.05) is 20.8 Å². The number of carboxylic acids is 1. The average Bonchev–Trinajstić information content (AvgIpc) is 2.04. The van der Waals surface area contributed by atoms with Crippen molar-refractivity contribution in [3.8, 4) is 0 Å². The third-order valence-electron chi connectivity index (χ3n) is 3.07. The van der Waals surface area contributed by atoms with Crippen molar-refractivity contribution in [2.75, 3.05) is 0 Å². The van der Waals surface area contributed by atoms with Gasteiger partial charge in [0.2, 0.25) is 0 Å². The molecule has 2 nitrogen and oxygen atoms in total. The third kappa shape index (κ3) is 3.02. The predicted molar refractivity (Wildman–Crippen MR) is 54.7 cm³/mol. The molecule has 0 aromatic rings. The van der Waals surface area contributed by atoms with Gasteiger partial charge in [0.1, 0.15) is 0 Å². The van der Waals surface area contributed by atoms with E-state index in [4.69, 9.17) is 5.11 Å². The van der Waals surface area contributed by atoms with Gasteiger partial charge in [-0.25, -0.2) is 0 Å². The van der Waals surface area contributed by atoms with Crippen molar-refractivity contribution in [2.24, 2.45) is 11.3 Å². The number of hydrogen-bond acceptors (Lipinski definition) is 1. The highest BCUT2D eigenvalue weighted by atomic mass is 16.4. The Kier molecular flexibility index (Phi) is 5.04. The molecule has 0 heterocycles. The normalized spacial score (nSPS) is 17.8. The third-order valence-corrected chi connectivity index (χ3v) is 3.07. The Morgan fingerprint density at radius 2 is 1.92 bits per heavy atom. The molecule has 0 amide bonds. The molecule has 0 aliphatic heterocycles. The van der Waals surface area contributed by atoms with E-state index >= 15 is 0 Å². The lowest BCUT2D eigenvalue weighted by Gasteiger charge is -2.31. The van der Waals surface area contributed by atoms with Crippen LogP contribution in [0.4, 0.5) is 0 Å². The van der Waals surface area contributed by atoms with Gasteiger partial charge >= 0.3 is 5.97 Å². The molecule has 0 aromatic carbocycles. The predicted octanol–water partition coefficient (Wildman–Crippen LogP) is 3.31. The Morgan fingerprint density at radius 1 is 1.38 bits per heavy atom. The van der Waals surface area contributed by atoms with Crippen LogP contribution < -0.4 is 0 Å². The van der Waals surface area contributed by atoms with E-state index in [-0.39, 0.29) is 5.92 Å². The first-order chi connectivity index (χ1) is 5.99. The minimum Gasteiger partial charge on any atom is -0.481 e. The highest BCUT2D eigenvalue weighted by Crippen LogP contribution is 2.35. The molecule has 1 N–H and O–H groups in total. The van der Waals surface area contributed by atoms with Crippen molar-refractivity contribution in [1.82, 2.24) is 0 Å². The van der Waals surface area contributed by atoms with Crippen molar-refractivity contribution in [3.63, 3.8) is 0 Å². The van der Waals surface area contributed by atoms with E-state index in [9.17, 15) is 4.79 Å². The highest BCUT2D eigenvalue weighted by Gasteiger charge is 2.37. The largest absolute Gasteiger partial charge is 0.481 e. The van der Waals surface area contributed by atoms with Crippen molar-refractivity contribution in [1.29, 1.82) is 0 Å². The van der Waals surface area contributed by atoms with Gasteiger partial charge in [-0.3, -0.25) is 4.79 Å². The minimum atomic E-state index is -0.643. The van der Waals surface area contributed by atoms with Gasteiger partial charge in [-0.2, -0.15) is 0 Å². The standard InChI is InChI=1S/C11H22O2/c1-5-7-9(3)11(4,8-6-2)10(12)13/h9H,5-8H2,1-4H3,(H,12,13). The van der Waals surface area contributed by atoms with Gasteiger partial charge in [-0.15, -0.1) is 0 Å². The summed E-state index contributed by atoms with van der Waals surface area (Å²) in [5, 5.41) is 9.16. The Labute approximate surface area is 81.3 Å². The van der Waals surface area contributed by atoms with Gasteiger partial charge in [0.15, 0.2) is 0 Å². The molecule has 0 saturated carbocycles. The number of aliphatic carboxylic acids is 1. The Balaban J connectivity index is 4.47. The van der Waals surface area contributed by atoms with Gasteiger partial charge in [0, 0.05) is 0 Å². The average molecular weight is 186 g/mol. The van der Waals surface area contributed by atoms with E-state index in [1.165, 1.54) is 0 Å². The van der Waals surface area contributed by atoms with Crippen LogP contribution in [0.1, 0.15) is 53.4 Å². The summed E-state index contributed by atoms with van der Waals surface area (Å²) in [6.45, 7) is 8.07. The van der Waals surface area contributed by atoms with Gasteiger partial charge in [-0.05, 0) is 25.7 Å². The molecule has 0 rings (SSSR count). The number of carbonyl (C=O) groups is 1. The van der Waals surface area contributed by atoms with E-state index in [0.717, 1.165) is 25.7 Å². The molecule has 0 aromatic heterocycles. The minimum absolute atomic E-state index is 0.273. The van der Waals surface area contributed by atoms with Crippen LogP contribution in [0.15, 0.2) is 0 Å². The van der Waals surface area contributed by atoms with Crippen molar-refractivity contribution >= 4 is 5.97 Å². The first-order valence-corrected chi connectivity index (χ1v) is 5.22. The maximum atomic E-state index is 11.1. The summed E-state index contributed by atoms with van der Waals surface area (Å²) in [6, 6.07) is 0. The molecular weight excluding hydrogens is 164 g/mol. The fourth-order valence-corrected chi connectivity index (χ4v) is 1.84. The van der Waals surface area contributed by atoms with Crippen LogP contribution in [-0.4, -0.2) is 11.1 Å². The Bertz CT molecular complexity index is 165. The molecule has 78 valence electrons. The topological polar surface area (TPSA) is 37.3 Å². The van der Waals surface area contributed by atoms with Crippen LogP contribution >= 0.6 is 0 Å². The molecule has 0 bridgehead atoms. The quantitative estimate of drug-likeness (QED) is 0.691. The molecule has 0 saturated heterocycles. The molecule has 0 spiro atoms. The molecule has 2 atom stereocenters. The second kappa shape index (κ2) is 5.25. The van der Waals surface area contributed by atoms with E-state index < -0.39 is 11.4 Å². The zero-order valence-electron chi connectivity index (χ0n) is 9.26. The molecule has 0 aliphatic carbocycles. The molecule has 0 aliphatic rings. The molecule has 13 heavy (non-hydrogen) atoms. The van der Waals surface area contributed by atoms with E-state index in [2.05, 4.69) is 6.92 Å². The van der Waals surface area contributed by atoms with Crippen LogP contribution in [-0.2, 0) is 4.79 Å². The summed E-state index contributed by atoms with van der Waals surface area (Å²) in [5.74, 6) is -0.370. The summed E-state index contributed by atoms with van der Waals surface area (Å²) in [7, 11) is 0. The summed E-state index contributed by atoms with van der Waals surface area (Å²) >= 11 is 0. The van der Waals surface area contributed by atoms with Gasteiger partial charge in [-0.1, -0.05) is 33.6 Å². The number of rotatable bonds is 6. The zero-order chi connectivity index (χ0) is 10.5. The Hall–Kier alpha value is -0.530. The van der Waals surface area contributed by atoms with Gasteiger partial charge < -0.3 is 5.11 Å². The van der Waals surface area contributed by atoms with Crippen molar-refractivity contribution < 1.29 is 9.90 Å². The molecule has 2 heteroatoms. The van der Waals surface area contributed by atoms with Gasteiger partial charge in [0.25, 0.3) is 0 Å². The smallest absolute Gasteiger partial charge is 0.309 e. The van der Waals surface area contributed by atoms with E-state index in [0.29, 0.717) is 0 Å². The fourth-order valence-electron chi connectivity index (χ4n) is 1.84. The summed E-state index contributed by atoms with van der Waals surface area (Å²) in [6.07, 6.45) is 3.79. The summed E-state index contributed by atoms with van der Waals surface area (Å²) < 4.78 is 0. The fraction of sp³-hybridized carbons (Fsp3) is 0.909. The SMILES string of the molecule is CCCC(C)C(C)(CCC)C(=O)O. The van der Waals surface area contributed by atoms with Crippen molar-refractivity contribution in [2.45, 2.75) is 53.4 Å². The summed E-state index contributed by atoms with van der Waals surface area (Å²) in [5.41, 5.74) is -0.523. The molecule has 0 radical (unpaired) electrons. The van der Waals surface area contributed by atoms with Crippen LogP contribution in [0.25, 0.3) is 0 Å². The lowest BCUT2D eigenvalue weighted by atomic mass is 9.73. The molecule has 2 unspecified atom stereocenters. The molecule has 0 fully saturated rings. The lowest BCUT2D eigenvalue weighted by molar-refractivity contribution is -0.151. The monoisotopic (exact) mass is 186 g/mol. The van der Waals surface area contributed by atoms with E-state index in [1.54, 1.807) is 0 Å².